The van der Waals surface area contributed by atoms with Crippen molar-refractivity contribution < 1.29 is 4.52 Å². The summed E-state index contributed by atoms with van der Waals surface area (Å²) in [6.45, 7) is 4.19. The van der Waals surface area contributed by atoms with Gasteiger partial charge in [0.15, 0.2) is 0 Å². The molecule has 0 saturated carbocycles. The van der Waals surface area contributed by atoms with E-state index in [1.807, 2.05) is 25.1 Å². The van der Waals surface area contributed by atoms with Gasteiger partial charge in [0, 0.05) is 12.0 Å². The number of H-pyrrole nitrogens is 1. The average Bonchev–Trinajstić information content (AvgIpc) is 3.42. The lowest BCUT2D eigenvalue weighted by Crippen LogP contribution is -2.10. The standard InChI is InChI=1S/C18H18N6OS/c1-10-16(26-15(22-10)6-11-4-5-19-8-11)18-23-17(24-25-18)12-2-3-13-14(7-12)21-9-20-13/h2-3,7,9,11,19H,4-6,8H2,1H3,(H,20,21). The van der Waals surface area contributed by atoms with Gasteiger partial charge in [0.1, 0.15) is 4.88 Å². The summed E-state index contributed by atoms with van der Waals surface area (Å²) in [5, 5.41) is 8.71. The molecule has 1 aliphatic rings. The van der Waals surface area contributed by atoms with Crippen molar-refractivity contribution in [2.45, 2.75) is 19.8 Å². The maximum Gasteiger partial charge on any atom is 0.270 e. The second kappa shape index (κ2) is 6.30. The maximum absolute atomic E-state index is 5.53. The summed E-state index contributed by atoms with van der Waals surface area (Å²) in [7, 11) is 0. The van der Waals surface area contributed by atoms with Crippen molar-refractivity contribution in [3.05, 3.63) is 35.2 Å². The number of thiazole rings is 1. The molecular weight excluding hydrogens is 348 g/mol. The van der Waals surface area contributed by atoms with Crippen LogP contribution in [0.1, 0.15) is 17.1 Å². The van der Waals surface area contributed by atoms with E-state index in [9.17, 15) is 0 Å². The van der Waals surface area contributed by atoms with E-state index in [0.29, 0.717) is 17.6 Å². The van der Waals surface area contributed by atoms with Crippen LogP contribution in [0.2, 0.25) is 0 Å². The van der Waals surface area contributed by atoms with E-state index >= 15 is 0 Å². The fourth-order valence-electron chi connectivity index (χ4n) is 3.38. The number of imidazole rings is 1. The van der Waals surface area contributed by atoms with E-state index in [1.165, 1.54) is 6.42 Å². The number of aromatic amines is 1. The van der Waals surface area contributed by atoms with Gasteiger partial charge >= 0.3 is 0 Å². The fourth-order valence-corrected chi connectivity index (χ4v) is 4.48. The van der Waals surface area contributed by atoms with Gasteiger partial charge in [-0.3, -0.25) is 0 Å². The number of benzene rings is 1. The zero-order valence-electron chi connectivity index (χ0n) is 14.3. The zero-order valence-corrected chi connectivity index (χ0v) is 15.1. The summed E-state index contributed by atoms with van der Waals surface area (Å²) < 4.78 is 5.53. The molecule has 2 N–H and O–H groups in total. The highest BCUT2D eigenvalue weighted by atomic mass is 32.1. The molecule has 1 saturated heterocycles. The van der Waals surface area contributed by atoms with Gasteiger partial charge in [-0.25, -0.2) is 9.97 Å². The van der Waals surface area contributed by atoms with E-state index in [4.69, 9.17) is 9.51 Å². The number of fused-ring (bicyclic) bond motifs is 1. The van der Waals surface area contributed by atoms with Crippen molar-refractivity contribution in [2.75, 3.05) is 13.1 Å². The second-order valence-electron chi connectivity index (χ2n) is 6.64. The van der Waals surface area contributed by atoms with E-state index in [-0.39, 0.29) is 0 Å². The minimum atomic E-state index is 0.538. The summed E-state index contributed by atoms with van der Waals surface area (Å²) in [5.41, 5.74) is 3.73. The van der Waals surface area contributed by atoms with Crippen molar-refractivity contribution >= 4 is 22.4 Å². The molecule has 0 spiro atoms. The van der Waals surface area contributed by atoms with Crippen LogP contribution < -0.4 is 5.32 Å². The van der Waals surface area contributed by atoms with E-state index in [2.05, 4.69) is 25.4 Å². The topological polar surface area (TPSA) is 92.5 Å². The van der Waals surface area contributed by atoms with Gasteiger partial charge in [-0.05, 0) is 50.6 Å². The van der Waals surface area contributed by atoms with E-state index in [0.717, 1.165) is 51.7 Å². The lowest BCUT2D eigenvalue weighted by molar-refractivity contribution is 0.433. The molecule has 132 valence electrons. The molecule has 26 heavy (non-hydrogen) atoms. The third-order valence-electron chi connectivity index (χ3n) is 4.77. The molecule has 3 aromatic heterocycles. The Morgan fingerprint density at radius 3 is 3.15 bits per heavy atom. The first-order valence-corrected chi connectivity index (χ1v) is 9.52. The number of hydrogen-bond donors (Lipinski definition) is 2. The zero-order chi connectivity index (χ0) is 17.5. The largest absolute Gasteiger partial charge is 0.345 e. The van der Waals surface area contributed by atoms with Crippen LogP contribution in [-0.2, 0) is 6.42 Å². The minimum Gasteiger partial charge on any atom is -0.345 e. The van der Waals surface area contributed by atoms with Crippen LogP contribution in [0.25, 0.3) is 33.2 Å². The summed E-state index contributed by atoms with van der Waals surface area (Å²) >= 11 is 1.66. The molecule has 1 aromatic carbocycles. The predicted octanol–water partition coefficient (Wildman–Crippen LogP) is 3.20. The van der Waals surface area contributed by atoms with Crippen molar-refractivity contribution in [1.82, 2.24) is 30.4 Å². The predicted molar refractivity (Wildman–Crippen MR) is 99.9 cm³/mol. The first-order chi connectivity index (χ1) is 12.8. The number of rotatable bonds is 4. The van der Waals surface area contributed by atoms with Gasteiger partial charge in [-0.1, -0.05) is 5.16 Å². The number of aromatic nitrogens is 5. The highest BCUT2D eigenvalue weighted by Crippen LogP contribution is 2.32. The van der Waals surface area contributed by atoms with Crippen molar-refractivity contribution in [2.24, 2.45) is 5.92 Å². The Hall–Kier alpha value is -2.58. The smallest absolute Gasteiger partial charge is 0.270 e. The molecule has 5 rings (SSSR count). The minimum absolute atomic E-state index is 0.538. The van der Waals surface area contributed by atoms with Gasteiger partial charge in [0.2, 0.25) is 5.82 Å². The summed E-state index contributed by atoms with van der Waals surface area (Å²) in [6, 6.07) is 5.88. The average molecular weight is 366 g/mol. The van der Waals surface area contributed by atoms with Crippen molar-refractivity contribution in [1.29, 1.82) is 0 Å². The lowest BCUT2D eigenvalue weighted by Gasteiger charge is -2.03. The Morgan fingerprint density at radius 1 is 1.31 bits per heavy atom. The third kappa shape index (κ3) is 2.81. The van der Waals surface area contributed by atoms with Gasteiger partial charge in [0.05, 0.1) is 28.1 Å². The van der Waals surface area contributed by atoms with Gasteiger partial charge < -0.3 is 14.8 Å². The van der Waals surface area contributed by atoms with Gasteiger partial charge in [-0.2, -0.15) is 4.98 Å². The molecule has 1 atom stereocenters. The molecular formula is C18H18N6OS. The summed E-state index contributed by atoms with van der Waals surface area (Å²) in [6.07, 6.45) is 3.91. The van der Waals surface area contributed by atoms with Gasteiger partial charge in [-0.15, -0.1) is 11.3 Å². The molecule has 1 unspecified atom stereocenters. The normalized spacial score (nSPS) is 17.3. The highest BCUT2D eigenvalue weighted by Gasteiger charge is 2.21. The fraction of sp³-hybridized carbons (Fsp3) is 0.333. The Balaban J connectivity index is 1.43. The van der Waals surface area contributed by atoms with Crippen LogP contribution in [-0.4, -0.2) is 38.2 Å². The van der Waals surface area contributed by atoms with Crippen LogP contribution in [0.3, 0.4) is 0 Å². The number of nitrogens with zero attached hydrogens (tertiary/aromatic N) is 4. The molecule has 0 amide bonds. The molecule has 7 nitrogen and oxygen atoms in total. The maximum atomic E-state index is 5.53. The second-order valence-corrected chi connectivity index (χ2v) is 7.73. The SMILES string of the molecule is Cc1nc(CC2CCNC2)sc1-c1nc(-c2ccc3nc[nH]c3c2)no1. The molecule has 1 fully saturated rings. The summed E-state index contributed by atoms with van der Waals surface area (Å²) in [4.78, 5) is 17.6. The number of hydrogen-bond acceptors (Lipinski definition) is 7. The molecule has 0 radical (unpaired) electrons. The van der Waals surface area contributed by atoms with Crippen LogP contribution in [0.4, 0.5) is 0 Å². The molecule has 4 heterocycles. The molecule has 0 aliphatic carbocycles. The van der Waals surface area contributed by atoms with Crippen LogP contribution in [0.5, 0.6) is 0 Å². The molecule has 1 aliphatic heterocycles. The van der Waals surface area contributed by atoms with E-state index < -0.39 is 0 Å². The van der Waals surface area contributed by atoms with Gasteiger partial charge in [0.25, 0.3) is 5.89 Å². The van der Waals surface area contributed by atoms with Crippen LogP contribution >= 0.6 is 11.3 Å². The molecule has 4 aromatic rings. The first-order valence-electron chi connectivity index (χ1n) is 8.71. The monoisotopic (exact) mass is 366 g/mol. The quantitative estimate of drug-likeness (QED) is 0.576. The van der Waals surface area contributed by atoms with E-state index in [1.54, 1.807) is 17.7 Å². The van der Waals surface area contributed by atoms with Crippen LogP contribution in [0, 0.1) is 12.8 Å². The Labute approximate surface area is 153 Å². The Kier molecular flexibility index (Phi) is 3.79. The van der Waals surface area contributed by atoms with Crippen molar-refractivity contribution in [3.63, 3.8) is 0 Å². The Bertz CT molecular complexity index is 1060. The number of aryl methyl sites for hydroxylation is 1. The number of nitrogens with one attached hydrogen (secondary N) is 2. The lowest BCUT2D eigenvalue weighted by atomic mass is 10.1. The highest BCUT2D eigenvalue weighted by molar-refractivity contribution is 7.15. The summed E-state index contributed by atoms with van der Waals surface area (Å²) in [5.74, 6) is 1.79. The van der Waals surface area contributed by atoms with Crippen molar-refractivity contribution in [3.8, 4) is 22.2 Å². The first kappa shape index (κ1) is 15.7. The van der Waals surface area contributed by atoms with Crippen LogP contribution in [0.15, 0.2) is 29.0 Å². The molecule has 0 bridgehead atoms. The molecule has 8 heteroatoms. The third-order valence-corrected chi connectivity index (χ3v) is 5.93. The Morgan fingerprint density at radius 2 is 2.27 bits per heavy atom.